The summed E-state index contributed by atoms with van der Waals surface area (Å²) in [6.07, 6.45) is 0. The van der Waals surface area contributed by atoms with Crippen molar-refractivity contribution in [2.24, 2.45) is 0 Å². The lowest BCUT2D eigenvalue weighted by Gasteiger charge is -2.12. The smallest absolute Gasteiger partial charge is 0.316 e. The fourth-order valence-electron chi connectivity index (χ4n) is 1.19. The van der Waals surface area contributed by atoms with E-state index in [0.717, 1.165) is 11.6 Å². The van der Waals surface area contributed by atoms with Gasteiger partial charge in [0.15, 0.2) is 0 Å². The van der Waals surface area contributed by atoms with E-state index in [-0.39, 0.29) is 6.03 Å². The van der Waals surface area contributed by atoms with E-state index >= 15 is 0 Å². The van der Waals surface area contributed by atoms with E-state index in [9.17, 15) is 4.79 Å². The maximum atomic E-state index is 11.2. The fraction of sp³-hybridized carbons (Fsp3) is 0.455. The van der Waals surface area contributed by atoms with Crippen molar-refractivity contribution in [3.8, 4) is 0 Å². The summed E-state index contributed by atoms with van der Waals surface area (Å²) < 4.78 is 0. The Kier molecular flexibility index (Phi) is 5.06. The predicted molar refractivity (Wildman–Crippen MR) is 69.4 cm³/mol. The summed E-state index contributed by atoms with van der Waals surface area (Å²) in [6.45, 7) is 1.20. The molecule has 94 valence electrons. The number of rotatable bonds is 5. The van der Waals surface area contributed by atoms with Crippen molar-refractivity contribution in [1.29, 1.82) is 0 Å². The Balaban J connectivity index is 2.28. The lowest BCUT2D eigenvalue weighted by molar-refractivity contribution is 0.218. The first-order valence-electron chi connectivity index (χ1n) is 5.47. The molecule has 0 unspecified atom stereocenters. The highest BCUT2D eigenvalue weighted by Crippen LogP contribution is 2.07. The molecule has 2 amide bonds. The molecule has 3 N–H and O–H groups in total. The molecule has 0 aliphatic carbocycles. The highest BCUT2D eigenvalue weighted by molar-refractivity contribution is 5.73. The average molecular weight is 237 g/mol. The second kappa shape index (κ2) is 6.57. The van der Waals surface area contributed by atoms with Gasteiger partial charge < -0.3 is 20.9 Å². The number of nitrogens with zero attached hydrogens (tertiary/aromatic N) is 2. The number of urea groups is 1. The van der Waals surface area contributed by atoms with Gasteiger partial charge in [0.2, 0.25) is 0 Å². The van der Waals surface area contributed by atoms with Crippen molar-refractivity contribution in [3.63, 3.8) is 0 Å². The van der Waals surface area contributed by atoms with Gasteiger partial charge in [-0.1, -0.05) is 6.07 Å². The van der Waals surface area contributed by atoms with Crippen LogP contribution in [-0.4, -0.2) is 50.1 Å². The zero-order valence-electron chi connectivity index (χ0n) is 10.4. The first-order valence-corrected chi connectivity index (χ1v) is 5.47. The zero-order valence-corrected chi connectivity index (χ0v) is 10.4. The van der Waals surface area contributed by atoms with Crippen LogP contribution >= 0.6 is 0 Å². The molecule has 0 fully saturated rings. The van der Waals surface area contributed by atoms with Crippen molar-refractivity contribution >= 4 is 17.7 Å². The van der Waals surface area contributed by atoms with Gasteiger partial charge >= 0.3 is 6.03 Å². The molecule has 0 aliphatic heterocycles. The number of nitrogens with one attached hydrogen (secondary N) is 3. The molecular weight excluding hydrogens is 218 g/mol. The maximum absolute atomic E-state index is 11.2. The Bertz CT molecular complexity index is 367. The summed E-state index contributed by atoms with van der Waals surface area (Å²) in [7, 11) is 5.24. The van der Waals surface area contributed by atoms with Crippen molar-refractivity contribution in [1.82, 2.24) is 15.2 Å². The van der Waals surface area contributed by atoms with E-state index in [1.165, 1.54) is 4.90 Å². The number of aromatic nitrogens is 1. The van der Waals surface area contributed by atoms with Gasteiger partial charge in [0.25, 0.3) is 0 Å². The minimum absolute atomic E-state index is 0.0938. The van der Waals surface area contributed by atoms with E-state index in [1.807, 2.05) is 25.2 Å². The molecule has 0 spiro atoms. The van der Waals surface area contributed by atoms with Gasteiger partial charge in [-0.3, -0.25) is 0 Å². The molecule has 0 radical (unpaired) electrons. The van der Waals surface area contributed by atoms with Crippen LogP contribution in [0.2, 0.25) is 0 Å². The van der Waals surface area contributed by atoms with Gasteiger partial charge in [0, 0.05) is 34.2 Å². The Labute approximate surface area is 101 Å². The first kappa shape index (κ1) is 13.1. The van der Waals surface area contributed by atoms with Crippen molar-refractivity contribution in [3.05, 3.63) is 18.2 Å². The number of amides is 2. The number of hydrogen-bond donors (Lipinski definition) is 3. The summed E-state index contributed by atoms with van der Waals surface area (Å²) in [5, 5.41) is 8.85. The summed E-state index contributed by atoms with van der Waals surface area (Å²) in [6, 6.07) is 5.59. The maximum Gasteiger partial charge on any atom is 0.316 e. The highest BCUT2D eigenvalue weighted by Gasteiger charge is 2.01. The molecule has 0 aliphatic rings. The molecule has 6 nitrogen and oxygen atoms in total. The van der Waals surface area contributed by atoms with Crippen LogP contribution in [0, 0.1) is 0 Å². The summed E-state index contributed by atoms with van der Waals surface area (Å²) in [5.74, 6) is 1.60. The minimum Gasteiger partial charge on any atom is -0.373 e. The second-order valence-electron chi connectivity index (χ2n) is 3.71. The second-order valence-corrected chi connectivity index (χ2v) is 3.71. The SMILES string of the molecule is CNc1cccc(NCCNC(=O)N(C)C)n1. The normalized spacial score (nSPS) is 9.59. The van der Waals surface area contributed by atoms with Crippen LogP contribution in [0.3, 0.4) is 0 Å². The highest BCUT2D eigenvalue weighted by atomic mass is 16.2. The number of carbonyl (C=O) groups is 1. The van der Waals surface area contributed by atoms with Crippen LogP contribution in [0.15, 0.2) is 18.2 Å². The molecule has 1 heterocycles. The van der Waals surface area contributed by atoms with Gasteiger partial charge in [0.05, 0.1) is 0 Å². The van der Waals surface area contributed by atoms with Gasteiger partial charge in [-0.05, 0) is 12.1 Å². The lowest BCUT2D eigenvalue weighted by atomic mass is 10.4. The van der Waals surface area contributed by atoms with E-state index in [4.69, 9.17) is 0 Å². The third-order valence-corrected chi connectivity index (χ3v) is 2.12. The van der Waals surface area contributed by atoms with E-state index in [1.54, 1.807) is 14.1 Å². The number of pyridine rings is 1. The molecule has 1 aromatic heterocycles. The lowest BCUT2D eigenvalue weighted by Crippen LogP contribution is -2.37. The molecular formula is C11H19N5O. The van der Waals surface area contributed by atoms with Crippen LogP contribution in [0.1, 0.15) is 0 Å². The molecule has 17 heavy (non-hydrogen) atoms. The Morgan fingerprint density at radius 3 is 2.65 bits per heavy atom. The third-order valence-electron chi connectivity index (χ3n) is 2.12. The average Bonchev–Trinajstić information content (AvgIpc) is 2.34. The largest absolute Gasteiger partial charge is 0.373 e. The van der Waals surface area contributed by atoms with Crippen LogP contribution in [-0.2, 0) is 0 Å². The number of anilines is 2. The van der Waals surface area contributed by atoms with Gasteiger partial charge in [-0.15, -0.1) is 0 Å². The Morgan fingerprint density at radius 2 is 2.00 bits per heavy atom. The topological polar surface area (TPSA) is 69.3 Å². The number of hydrogen-bond acceptors (Lipinski definition) is 4. The molecule has 0 bridgehead atoms. The molecule has 0 aromatic carbocycles. The van der Waals surface area contributed by atoms with Gasteiger partial charge in [-0.2, -0.15) is 0 Å². The molecule has 6 heteroatoms. The summed E-state index contributed by atoms with van der Waals surface area (Å²) in [5.41, 5.74) is 0. The number of carbonyl (C=O) groups excluding carboxylic acids is 1. The quantitative estimate of drug-likeness (QED) is 0.663. The van der Waals surface area contributed by atoms with Crippen molar-refractivity contribution in [2.75, 3.05) is 44.9 Å². The van der Waals surface area contributed by atoms with E-state index < -0.39 is 0 Å². The predicted octanol–water partition coefficient (Wildman–Crippen LogP) is 0.806. The molecule has 0 saturated carbocycles. The molecule has 0 saturated heterocycles. The van der Waals surface area contributed by atoms with Crippen molar-refractivity contribution < 1.29 is 4.79 Å². The fourth-order valence-corrected chi connectivity index (χ4v) is 1.19. The summed E-state index contributed by atoms with van der Waals surface area (Å²) in [4.78, 5) is 17.0. The van der Waals surface area contributed by atoms with Crippen LogP contribution in [0.4, 0.5) is 16.4 Å². The molecule has 0 atom stereocenters. The van der Waals surface area contributed by atoms with Crippen LogP contribution in [0.25, 0.3) is 0 Å². The van der Waals surface area contributed by atoms with Crippen LogP contribution < -0.4 is 16.0 Å². The van der Waals surface area contributed by atoms with Crippen LogP contribution in [0.5, 0.6) is 0 Å². The Hall–Kier alpha value is -1.98. The Morgan fingerprint density at radius 1 is 1.29 bits per heavy atom. The minimum atomic E-state index is -0.0938. The standard InChI is InChI=1S/C11H19N5O/c1-12-9-5-4-6-10(15-9)13-7-8-14-11(17)16(2)3/h4-6H,7-8H2,1-3H3,(H,14,17)(H2,12,13,15). The summed E-state index contributed by atoms with van der Waals surface area (Å²) >= 11 is 0. The van der Waals surface area contributed by atoms with E-state index in [2.05, 4.69) is 20.9 Å². The molecule has 1 aromatic rings. The van der Waals surface area contributed by atoms with E-state index in [0.29, 0.717) is 13.1 Å². The van der Waals surface area contributed by atoms with Crippen molar-refractivity contribution in [2.45, 2.75) is 0 Å². The first-order chi connectivity index (χ1) is 8.13. The van der Waals surface area contributed by atoms with Gasteiger partial charge in [0.1, 0.15) is 11.6 Å². The zero-order chi connectivity index (χ0) is 12.7. The van der Waals surface area contributed by atoms with Gasteiger partial charge in [-0.25, -0.2) is 9.78 Å². The molecule has 1 rings (SSSR count). The monoisotopic (exact) mass is 237 g/mol. The third kappa shape index (κ3) is 4.58.